The summed E-state index contributed by atoms with van der Waals surface area (Å²) in [4.78, 5) is 6.36. The molecule has 1 aromatic heterocycles. The molecule has 0 aliphatic carbocycles. The Morgan fingerprint density at radius 1 is 1.17 bits per heavy atom. The molecule has 130 valence electrons. The number of pyridine rings is 1. The summed E-state index contributed by atoms with van der Waals surface area (Å²) in [5, 5.41) is 3.52. The summed E-state index contributed by atoms with van der Waals surface area (Å²) in [6, 6.07) is 4.25. The Morgan fingerprint density at radius 3 is 2.58 bits per heavy atom. The Hall–Kier alpha value is -1.79. The maximum absolute atomic E-state index is 14.2. The van der Waals surface area contributed by atoms with Crippen LogP contribution in [0.1, 0.15) is 13.8 Å². The lowest BCUT2D eigenvalue weighted by atomic mass is 10.0. The van der Waals surface area contributed by atoms with Crippen LogP contribution < -0.4 is 5.32 Å². The molecule has 0 saturated carbocycles. The SMILES string of the molecule is CC(C)C(CNc1ccnc2c(F)ccc(F)c12)N1CCOCC1. The quantitative estimate of drug-likeness (QED) is 0.910. The minimum Gasteiger partial charge on any atom is -0.383 e. The largest absolute Gasteiger partial charge is 0.383 e. The predicted octanol–water partition coefficient (Wildman–Crippen LogP) is 3.28. The maximum atomic E-state index is 14.2. The molecule has 3 rings (SSSR count). The molecule has 1 atom stereocenters. The molecular formula is C18H23F2N3O. The first-order valence-electron chi connectivity index (χ1n) is 8.36. The van der Waals surface area contributed by atoms with E-state index < -0.39 is 11.6 Å². The van der Waals surface area contributed by atoms with Crippen LogP contribution in [0.5, 0.6) is 0 Å². The number of anilines is 1. The zero-order valence-electron chi connectivity index (χ0n) is 14.1. The standard InChI is InChI=1S/C18H23F2N3O/c1-12(2)16(23-7-9-24-10-8-23)11-22-15-5-6-21-18-14(20)4-3-13(19)17(15)18/h3-6,12,16H,7-11H2,1-2H3,(H,21,22). The first-order valence-corrected chi connectivity index (χ1v) is 8.36. The third kappa shape index (κ3) is 3.49. The van der Waals surface area contributed by atoms with E-state index in [1.54, 1.807) is 6.07 Å². The van der Waals surface area contributed by atoms with Gasteiger partial charge in [0, 0.05) is 37.6 Å². The van der Waals surface area contributed by atoms with Crippen LogP contribution in [-0.4, -0.2) is 48.8 Å². The van der Waals surface area contributed by atoms with E-state index in [9.17, 15) is 8.78 Å². The van der Waals surface area contributed by atoms with Gasteiger partial charge < -0.3 is 10.1 Å². The molecule has 1 aliphatic heterocycles. The number of morpholine rings is 1. The highest BCUT2D eigenvalue weighted by atomic mass is 19.1. The van der Waals surface area contributed by atoms with Crippen molar-refractivity contribution in [2.75, 3.05) is 38.2 Å². The molecule has 1 aliphatic rings. The zero-order chi connectivity index (χ0) is 17.1. The van der Waals surface area contributed by atoms with Gasteiger partial charge in [-0.3, -0.25) is 9.88 Å². The van der Waals surface area contributed by atoms with Crippen molar-refractivity contribution < 1.29 is 13.5 Å². The molecule has 1 fully saturated rings. The minimum absolute atomic E-state index is 0.0625. The van der Waals surface area contributed by atoms with E-state index in [2.05, 4.69) is 29.0 Å². The second kappa shape index (κ2) is 7.40. The van der Waals surface area contributed by atoms with Crippen LogP contribution in [0.4, 0.5) is 14.5 Å². The summed E-state index contributed by atoms with van der Waals surface area (Å²) < 4.78 is 33.5. The van der Waals surface area contributed by atoms with Crippen LogP contribution in [0, 0.1) is 17.6 Å². The number of nitrogens with zero attached hydrogens (tertiary/aromatic N) is 2. The molecule has 4 nitrogen and oxygen atoms in total. The lowest BCUT2D eigenvalue weighted by Crippen LogP contribution is -2.49. The van der Waals surface area contributed by atoms with E-state index >= 15 is 0 Å². The number of aromatic nitrogens is 1. The van der Waals surface area contributed by atoms with Gasteiger partial charge in [0.05, 0.1) is 18.6 Å². The zero-order valence-corrected chi connectivity index (χ0v) is 14.1. The molecule has 0 spiro atoms. The molecule has 0 bridgehead atoms. The lowest BCUT2D eigenvalue weighted by molar-refractivity contribution is 0.00955. The number of fused-ring (bicyclic) bond motifs is 1. The highest BCUT2D eigenvalue weighted by Crippen LogP contribution is 2.27. The van der Waals surface area contributed by atoms with Crippen LogP contribution >= 0.6 is 0 Å². The van der Waals surface area contributed by atoms with Crippen molar-refractivity contribution in [1.82, 2.24) is 9.88 Å². The fraction of sp³-hybridized carbons (Fsp3) is 0.500. The number of rotatable bonds is 5. The number of halogens is 2. The van der Waals surface area contributed by atoms with Gasteiger partial charge in [-0.2, -0.15) is 0 Å². The molecule has 1 saturated heterocycles. The Kier molecular flexibility index (Phi) is 5.26. The molecule has 1 aromatic carbocycles. The van der Waals surface area contributed by atoms with E-state index in [1.165, 1.54) is 6.20 Å². The highest BCUT2D eigenvalue weighted by Gasteiger charge is 2.24. The van der Waals surface area contributed by atoms with Crippen molar-refractivity contribution in [3.8, 4) is 0 Å². The second-order valence-corrected chi connectivity index (χ2v) is 6.45. The molecule has 0 amide bonds. The van der Waals surface area contributed by atoms with Gasteiger partial charge in [0.1, 0.15) is 17.2 Å². The van der Waals surface area contributed by atoms with Gasteiger partial charge >= 0.3 is 0 Å². The Bertz CT molecular complexity index is 702. The van der Waals surface area contributed by atoms with Crippen molar-refractivity contribution in [3.05, 3.63) is 36.0 Å². The van der Waals surface area contributed by atoms with E-state index in [0.717, 1.165) is 38.4 Å². The summed E-state index contributed by atoms with van der Waals surface area (Å²) in [5.41, 5.74) is 0.642. The lowest BCUT2D eigenvalue weighted by Gasteiger charge is -2.37. The fourth-order valence-electron chi connectivity index (χ4n) is 3.25. The average Bonchev–Trinajstić information content (AvgIpc) is 2.59. The normalized spacial score (nSPS) is 17.4. The summed E-state index contributed by atoms with van der Waals surface area (Å²) >= 11 is 0. The van der Waals surface area contributed by atoms with Gasteiger partial charge in [0.25, 0.3) is 0 Å². The minimum atomic E-state index is -0.511. The summed E-state index contributed by atoms with van der Waals surface area (Å²) in [7, 11) is 0. The van der Waals surface area contributed by atoms with Crippen molar-refractivity contribution in [3.63, 3.8) is 0 Å². The monoisotopic (exact) mass is 335 g/mol. The smallest absolute Gasteiger partial charge is 0.149 e. The number of hydrogen-bond donors (Lipinski definition) is 1. The van der Waals surface area contributed by atoms with Gasteiger partial charge in [-0.25, -0.2) is 8.78 Å². The van der Waals surface area contributed by atoms with E-state index in [4.69, 9.17) is 4.74 Å². The van der Waals surface area contributed by atoms with Gasteiger partial charge in [-0.1, -0.05) is 13.8 Å². The van der Waals surface area contributed by atoms with E-state index in [1.807, 2.05) is 0 Å². The van der Waals surface area contributed by atoms with Crippen LogP contribution in [-0.2, 0) is 4.74 Å². The third-order valence-electron chi connectivity index (χ3n) is 4.58. The molecule has 2 heterocycles. The topological polar surface area (TPSA) is 37.4 Å². The average molecular weight is 335 g/mol. The number of nitrogens with one attached hydrogen (secondary N) is 1. The molecule has 24 heavy (non-hydrogen) atoms. The third-order valence-corrected chi connectivity index (χ3v) is 4.58. The molecule has 6 heteroatoms. The summed E-state index contributed by atoms with van der Waals surface area (Å²) in [6.45, 7) is 8.27. The summed E-state index contributed by atoms with van der Waals surface area (Å²) in [5.74, 6) is -0.539. The number of hydrogen-bond acceptors (Lipinski definition) is 4. The Morgan fingerprint density at radius 2 is 1.88 bits per heavy atom. The molecule has 0 radical (unpaired) electrons. The number of ether oxygens (including phenoxy) is 1. The Labute approximate surface area is 140 Å². The van der Waals surface area contributed by atoms with Crippen molar-refractivity contribution in [2.45, 2.75) is 19.9 Å². The van der Waals surface area contributed by atoms with Crippen LogP contribution in [0.2, 0.25) is 0 Å². The van der Waals surface area contributed by atoms with E-state index in [0.29, 0.717) is 24.2 Å². The molecule has 1 N–H and O–H groups in total. The summed E-state index contributed by atoms with van der Waals surface area (Å²) in [6.07, 6.45) is 1.51. The second-order valence-electron chi connectivity index (χ2n) is 6.45. The first kappa shape index (κ1) is 17.0. The van der Waals surface area contributed by atoms with Crippen LogP contribution in [0.25, 0.3) is 10.9 Å². The maximum Gasteiger partial charge on any atom is 0.149 e. The molecular weight excluding hydrogens is 312 g/mol. The van der Waals surface area contributed by atoms with Crippen molar-refractivity contribution >= 4 is 16.6 Å². The highest BCUT2D eigenvalue weighted by molar-refractivity contribution is 5.91. The van der Waals surface area contributed by atoms with Gasteiger partial charge in [-0.05, 0) is 24.1 Å². The molecule has 2 aromatic rings. The Balaban J connectivity index is 1.82. The van der Waals surface area contributed by atoms with Gasteiger partial charge in [-0.15, -0.1) is 0 Å². The van der Waals surface area contributed by atoms with Gasteiger partial charge in [0.15, 0.2) is 0 Å². The van der Waals surface area contributed by atoms with Crippen molar-refractivity contribution in [1.29, 1.82) is 0 Å². The van der Waals surface area contributed by atoms with Crippen molar-refractivity contribution in [2.24, 2.45) is 5.92 Å². The fourth-order valence-corrected chi connectivity index (χ4v) is 3.25. The van der Waals surface area contributed by atoms with E-state index in [-0.39, 0.29) is 10.9 Å². The van der Waals surface area contributed by atoms with Crippen LogP contribution in [0.3, 0.4) is 0 Å². The van der Waals surface area contributed by atoms with Crippen LogP contribution in [0.15, 0.2) is 24.4 Å². The van der Waals surface area contributed by atoms with Gasteiger partial charge in [0.2, 0.25) is 0 Å². The molecule has 1 unspecified atom stereocenters. The first-order chi connectivity index (χ1) is 11.6. The number of benzene rings is 1. The predicted molar refractivity (Wildman–Crippen MR) is 91.2 cm³/mol.